The highest BCUT2D eigenvalue weighted by atomic mass is 14.3. The highest BCUT2D eigenvalue weighted by Crippen LogP contribution is 2.38. The van der Waals surface area contributed by atoms with Crippen molar-refractivity contribution in [2.75, 3.05) is 0 Å². The molecule has 1 unspecified atom stereocenters. The van der Waals surface area contributed by atoms with Crippen LogP contribution < -0.4 is 0 Å². The van der Waals surface area contributed by atoms with Crippen molar-refractivity contribution in [1.82, 2.24) is 0 Å². The van der Waals surface area contributed by atoms with E-state index in [1.165, 1.54) is 51.4 Å². The number of unbranched alkanes of at least 4 members (excludes halogenated alkanes) is 2. The largest absolute Gasteiger partial charge is 0.192 e. The van der Waals surface area contributed by atoms with Crippen LogP contribution >= 0.6 is 0 Å². The van der Waals surface area contributed by atoms with E-state index >= 15 is 0 Å². The predicted molar refractivity (Wildman–Crippen MR) is 80.5 cm³/mol. The highest BCUT2D eigenvalue weighted by Gasteiger charge is 2.26. The van der Waals surface area contributed by atoms with Gasteiger partial charge in [-0.1, -0.05) is 57.6 Å². The minimum absolute atomic E-state index is 0.702. The molecule has 1 nitrogen and oxygen atoms in total. The molecule has 0 radical (unpaired) electrons. The van der Waals surface area contributed by atoms with Crippen molar-refractivity contribution >= 4 is 0 Å². The monoisotopic (exact) mass is 257 g/mol. The first-order chi connectivity index (χ1) is 9.33. The summed E-state index contributed by atoms with van der Waals surface area (Å²) in [6, 6.07) is 2.24. The van der Waals surface area contributed by atoms with Crippen LogP contribution in [0.2, 0.25) is 0 Å². The molecule has 1 saturated carbocycles. The third kappa shape index (κ3) is 4.23. The zero-order valence-corrected chi connectivity index (χ0v) is 12.3. The third-order valence-corrected chi connectivity index (χ3v) is 4.97. The van der Waals surface area contributed by atoms with Gasteiger partial charge in [0.25, 0.3) is 0 Å². The van der Waals surface area contributed by atoms with Crippen LogP contribution in [0.4, 0.5) is 0 Å². The van der Waals surface area contributed by atoms with Gasteiger partial charge in [-0.3, -0.25) is 0 Å². The van der Waals surface area contributed by atoms with E-state index in [1.54, 1.807) is 0 Å². The minimum atomic E-state index is 0.702. The molecule has 2 aliphatic carbocycles. The molecule has 2 aliphatic rings. The van der Waals surface area contributed by atoms with Gasteiger partial charge in [0, 0.05) is 5.57 Å². The van der Waals surface area contributed by atoms with E-state index in [0.29, 0.717) is 5.92 Å². The first-order valence-electron chi connectivity index (χ1n) is 8.12. The molecular formula is C18H27N. The van der Waals surface area contributed by atoms with E-state index in [4.69, 9.17) is 5.26 Å². The molecule has 0 N–H and O–H groups in total. The smallest absolute Gasteiger partial charge is 0.0988 e. The molecule has 0 heterocycles. The lowest BCUT2D eigenvalue weighted by Gasteiger charge is -2.33. The molecule has 0 bridgehead atoms. The molecule has 1 atom stereocenters. The van der Waals surface area contributed by atoms with Gasteiger partial charge in [0.1, 0.15) is 0 Å². The number of hydrogen-bond donors (Lipinski definition) is 0. The predicted octanol–water partition coefficient (Wildman–Crippen LogP) is 5.40. The van der Waals surface area contributed by atoms with Crippen molar-refractivity contribution in [2.24, 2.45) is 17.8 Å². The van der Waals surface area contributed by atoms with Gasteiger partial charge in [0.15, 0.2) is 0 Å². The zero-order valence-electron chi connectivity index (χ0n) is 12.3. The van der Waals surface area contributed by atoms with E-state index in [-0.39, 0.29) is 0 Å². The van der Waals surface area contributed by atoms with E-state index in [2.05, 4.69) is 25.1 Å². The van der Waals surface area contributed by atoms with Crippen LogP contribution in [0.25, 0.3) is 0 Å². The summed E-state index contributed by atoms with van der Waals surface area (Å²) in [4.78, 5) is 0. The Hall–Kier alpha value is -1.03. The second-order valence-electron chi connectivity index (χ2n) is 6.31. The zero-order chi connectivity index (χ0) is 13.5. The first-order valence-corrected chi connectivity index (χ1v) is 8.12. The second kappa shape index (κ2) is 7.53. The SMILES string of the molecule is CCCCCC1CCC(C2C=CC(C#N)=CC2)CC1. The molecule has 0 aromatic heterocycles. The Balaban J connectivity index is 1.71. The van der Waals surface area contributed by atoms with Crippen molar-refractivity contribution in [2.45, 2.75) is 64.7 Å². The summed E-state index contributed by atoms with van der Waals surface area (Å²) < 4.78 is 0. The van der Waals surface area contributed by atoms with Gasteiger partial charge in [0.2, 0.25) is 0 Å². The van der Waals surface area contributed by atoms with E-state index in [1.807, 2.05) is 6.08 Å². The lowest BCUT2D eigenvalue weighted by molar-refractivity contribution is 0.218. The van der Waals surface area contributed by atoms with Crippen molar-refractivity contribution < 1.29 is 0 Å². The summed E-state index contributed by atoms with van der Waals surface area (Å²) in [5.41, 5.74) is 0.851. The van der Waals surface area contributed by atoms with Crippen LogP contribution in [0.5, 0.6) is 0 Å². The van der Waals surface area contributed by atoms with E-state index in [9.17, 15) is 0 Å². The van der Waals surface area contributed by atoms with Crippen LogP contribution in [0.1, 0.15) is 64.7 Å². The Bertz CT molecular complexity index is 364. The molecule has 1 fully saturated rings. The Morgan fingerprint density at radius 3 is 2.58 bits per heavy atom. The topological polar surface area (TPSA) is 23.8 Å². The maximum Gasteiger partial charge on any atom is 0.0988 e. The molecule has 104 valence electrons. The quantitative estimate of drug-likeness (QED) is 0.605. The van der Waals surface area contributed by atoms with E-state index < -0.39 is 0 Å². The normalized spacial score (nSPS) is 30.7. The van der Waals surface area contributed by atoms with Crippen molar-refractivity contribution in [1.29, 1.82) is 5.26 Å². The minimum Gasteiger partial charge on any atom is -0.192 e. The molecule has 0 aliphatic heterocycles. The lowest BCUT2D eigenvalue weighted by Crippen LogP contribution is -2.21. The van der Waals surface area contributed by atoms with Crippen LogP contribution in [-0.2, 0) is 0 Å². The maximum atomic E-state index is 8.86. The summed E-state index contributed by atoms with van der Waals surface area (Å²) >= 11 is 0. The molecule has 1 heteroatoms. The standard InChI is InChI=1S/C18H27N/c1-2-3-4-5-15-6-10-17(11-7-15)18-12-8-16(14-19)9-13-18/h8-9,12,15,17-18H,2-7,10-11,13H2,1H3. The molecule has 0 aromatic carbocycles. The fourth-order valence-corrected chi connectivity index (χ4v) is 3.66. The van der Waals surface area contributed by atoms with Gasteiger partial charge < -0.3 is 0 Å². The summed E-state index contributed by atoms with van der Waals surface area (Å²) in [5, 5.41) is 8.86. The Labute approximate surface area is 118 Å². The number of hydrogen-bond acceptors (Lipinski definition) is 1. The fourth-order valence-electron chi connectivity index (χ4n) is 3.66. The van der Waals surface area contributed by atoms with Crippen LogP contribution in [-0.4, -0.2) is 0 Å². The van der Waals surface area contributed by atoms with E-state index in [0.717, 1.165) is 23.8 Å². The molecule has 0 aromatic rings. The third-order valence-electron chi connectivity index (χ3n) is 4.97. The van der Waals surface area contributed by atoms with Gasteiger partial charge in [-0.15, -0.1) is 0 Å². The molecule has 0 spiro atoms. The Kier molecular flexibility index (Phi) is 5.70. The summed E-state index contributed by atoms with van der Waals surface area (Å²) in [7, 11) is 0. The number of nitriles is 1. The lowest BCUT2D eigenvalue weighted by atomic mass is 9.72. The van der Waals surface area contributed by atoms with Gasteiger partial charge in [0.05, 0.1) is 6.07 Å². The van der Waals surface area contributed by atoms with Crippen LogP contribution in [0.15, 0.2) is 23.8 Å². The fraction of sp³-hybridized carbons (Fsp3) is 0.722. The van der Waals surface area contributed by atoms with Crippen molar-refractivity contribution in [3.63, 3.8) is 0 Å². The van der Waals surface area contributed by atoms with Gasteiger partial charge in [-0.2, -0.15) is 5.26 Å². The first kappa shape index (κ1) is 14.4. The van der Waals surface area contributed by atoms with Gasteiger partial charge in [-0.05, 0) is 43.1 Å². The Morgan fingerprint density at radius 1 is 1.21 bits per heavy atom. The summed E-state index contributed by atoms with van der Waals surface area (Å²) in [5.74, 6) is 2.57. The Morgan fingerprint density at radius 2 is 2.00 bits per heavy atom. The molecule has 0 saturated heterocycles. The molecule has 0 amide bonds. The molecular weight excluding hydrogens is 230 g/mol. The molecule has 19 heavy (non-hydrogen) atoms. The van der Waals surface area contributed by atoms with Crippen LogP contribution in [0, 0.1) is 29.1 Å². The summed E-state index contributed by atoms with van der Waals surface area (Å²) in [6.07, 6.45) is 18.9. The molecule has 2 rings (SSSR count). The maximum absolute atomic E-state index is 8.86. The van der Waals surface area contributed by atoms with Crippen LogP contribution in [0.3, 0.4) is 0 Å². The van der Waals surface area contributed by atoms with Gasteiger partial charge in [-0.25, -0.2) is 0 Å². The average Bonchev–Trinajstić information content (AvgIpc) is 2.48. The number of nitrogens with zero attached hydrogens (tertiary/aromatic N) is 1. The number of allylic oxidation sites excluding steroid dienone is 4. The van der Waals surface area contributed by atoms with Crippen molar-refractivity contribution in [3.8, 4) is 6.07 Å². The van der Waals surface area contributed by atoms with Gasteiger partial charge >= 0.3 is 0 Å². The average molecular weight is 257 g/mol. The second-order valence-corrected chi connectivity index (χ2v) is 6.31. The highest BCUT2D eigenvalue weighted by molar-refractivity contribution is 5.35. The van der Waals surface area contributed by atoms with Crippen molar-refractivity contribution in [3.05, 3.63) is 23.8 Å². The number of rotatable bonds is 5. The summed E-state index contributed by atoms with van der Waals surface area (Å²) in [6.45, 7) is 2.29.